The normalized spacial score (nSPS) is 14.0. The van der Waals surface area contributed by atoms with Crippen LogP contribution in [0.1, 0.15) is 34.1 Å². The predicted molar refractivity (Wildman–Crippen MR) is 72.4 cm³/mol. The van der Waals surface area contributed by atoms with Crippen molar-refractivity contribution in [2.75, 3.05) is 0 Å². The Morgan fingerprint density at radius 1 is 1.28 bits per heavy atom. The molecule has 3 rings (SSSR count). The van der Waals surface area contributed by atoms with Crippen molar-refractivity contribution in [3.63, 3.8) is 0 Å². The lowest BCUT2D eigenvalue weighted by Gasteiger charge is -2.06. The quantitative estimate of drug-likeness (QED) is 0.768. The highest BCUT2D eigenvalue weighted by Crippen LogP contribution is 2.24. The van der Waals surface area contributed by atoms with E-state index >= 15 is 0 Å². The van der Waals surface area contributed by atoms with Crippen LogP contribution in [0, 0.1) is 0 Å². The Hall–Kier alpha value is -1.54. The Labute approximate surface area is 111 Å². The second-order valence-electron chi connectivity index (χ2n) is 4.73. The lowest BCUT2D eigenvalue weighted by Crippen LogP contribution is -2.05. The molecule has 0 saturated heterocycles. The summed E-state index contributed by atoms with van der Waals surface area (Å²) in [7, 11) is 0. The zero-order valence-corrected chi connectivity index (χ0v) is 11.0. The van der Waals surface area contributed by atoms with E-state index in [0.29, 0.717) is 6.42 Å². The molecule has 0 bridgehead atoms. The summed E-state index contributed by atoms with van der Waals surface area (Å²) in [6.45, 7) is 2.83. The fourth-order valence-electron chi connectivity index (χ4n) is 2.49. The van der Waals surface area contributed by atoms with Gasteiger partial charge in [-0.1, -0.05) is 24.6 Å². The maximum Gasteiger partial charge on any atom is 0.183 e. The van der Waals surface area contributed by atoms with E-state index in [2.05, 4.69) is 13.1 Å². The molecular formula is C15H14ClNO. The van der Waals surface area contributed by atoms with Gasteiger partial charge >= 0.3 is 0 Å². The van der Waals surface area contributed by atoms with E-state index < -0.39 is 0 Å². The van der Waals surface area contributed by atoms with Gasteiger partial charge in [-0.2, -0.15) is 0 Å². The smallest absolute Gasteiger partial charge is 0.183 e. The first kappa shape index (κ1) is 11.5. The maximum atomic E-state index is 12.2. The van der Waals surface area contributed by atoms with Crippen molar-refractivity contribution in [1.29, 1.82) is 0 Å². The molecule has 0 spiro atoms. The predicted octanol–water partition coefficient (Wildman–Crippen LogP) is 3.49. The number of rotatable bonds is 1. The number of nitrogens with zero attached hydrogens (tertiary/aromatic N) is 1. The van der Waals surface area contributed by atoms with Crippen molar-refractivity contribution in [2.45, 2.75) is 26.3 Å². The molecule has 1 aromatic heterocycles. The van der Waals surface area contributed by atoms with Crippen LogP contribution in [0.25, 0.3) is 0 Å². The first-order chi connectivity index (χ1) is 8.67. The molecule has 1 aliphatic heterocycles. The van der Waals surface area contributed by atoms with Gasteiger partial charge in [-0.15, -0.1) is 0 Å². The lowest BCUT2D eigenvalue weighted by atomic mass is 10.0. The highest BCUT2D eigenvalue weighted by molar-refractivity contribution is 6.30. The number of carbonyl (C=O) groups is 1. The van der Waals surface area contributed by atoms with Gasteiger partial charge in [0.1, 0.15) is 0 Å². The Kier molecular flexibility index (Phi) is 2.75. The van der Waals surface area contributed by atoms with Crippen molar-refractivity contribution in [1.82, 2.24) is 4.57 Å². The van der Waals surface area contributed by atoms with Crippen LogP contribution >= 0.6 is 11.6 Å². The van der Waals surface area contributed by atoms with Gasteiger partial charge in [-0.3, -0.25) is 4.79 Å². The topological polar surface area (TPSA) is 22.0 Å². The van der Waals surface area contributed by atoms with Gasteiger partial charge in [0.15, 0.2) is 5.78 Å². The van der Waals surface area contributed by atoms with Crippen LogP contribution in [-0.2, 0) is 19.4 Å². The second-order valence-corrected chi connectivity index (χ2v) is 5.16. The van der Waals surface area contributed by atoms with E-state index in [0.717, 1.165) is 34.8 Å². The molecule has 1 aromatic carbocycles. The van der Waals surface area contributed by atoms with Gasteiger partial charge in [0.2, 0.25) is 0 Å². The van der Waals surface area contributed by atoms with Crippen LogP contribution in [0.4, 0.5) is 0 Å². The number of fused-ring (bicyclic) bond motifs is 2. The number of hydrogen-bond donors (Lipinski definition) is 0. The van der Waals surface area contributed by atoms with E-state index in [-0.39, 0.29) is 5.78 Å². The molecule has 0 N–H and O–H groups in total. The largest absolute Gasteiger partial charge is 0.340 e. The van der Waals surface area contributed by atoms with Gasteiger partial charge in [-0.25, -0.2) is 0 Å². The summed E-state index contributed by atoms with van der Waals surface area (Å²) < 4.78 is 2.04. The van der Waals surface area contributed by atoms with Crippen LogP contribution in [0.5, 0.6) is 0 Å². The maximum absolute atomic E-state index is 12.2. The molecule has 92 valence electrons. The molecule has 0 aliphatic carbocycles. The fraction of sp³-hybridized carbons (Fsp3) is 0.267. The van der Waals surface area contributed by atoms with Gasteiger partial charge in [0, 0.05) is 24.2 Å². The zero-order chi connectivity index (χ0) is 12.7. The Bertz CT molecular complexity index is 627. The zero-order valence-electron chi connectivity index (χ0n) is 10.2. The average molecular weight is 260 g/mol. The minimum Gasteiger partial charge on any atom is -0.340 e. The highest BCUT2D eigenvalue weighted by atomic mass is 35.5. The first-order valence-electron chi connectivity index (χ1n) is 6.17. The van der Waals surface area contributed by atoms with E-state index in [1.54, 1.807) is 0 Å². The van der Waals surface area contributed by atoms with E-state index in [1.165, 1.54) is 5.56 Å². The summed E-state index contributed by atoms with van der Waals surface area (Å²) in [5, 5.41) is 0.729. The van der Waals surface area contributed by atoms with Gasteiger partial charge in [-0.05, 0) is 41.3 Å². The third-order valence-corrected chi connectivity index (χ3v) is 3.74. The van der Waals surface area contributed by atoms with Crippen molar-refractivity contribution >= 4 is 17.4 Å². The third kappa shape index (κ3) is 1.87. The molecule has 2 aromatic rings. The van der Waals surface area contributed by atoms with Gasteiger partial charge < -0.3 is 4.57 Å². The standard InChI is InChI=1S/C15H14ClNO/c1-2-10-5-14-15(18)7-11-3-4-13(16)6-12(11)9-17(14)8-10/h3-6,8H,2,7,9H2,1H3. The van der Waals surface area contributed by atoms with Crippen LogP contribution in [-0.4, -0.2) is 10.4 Å². The summed E-state index contributed by atoms with van der Waals surface area (Å²) in [6.07, 6.45) is 3.50. The molecule has 18 heavy (non-hydrogen) atoms. The molecule has 0 atom stereocenters. The number of Topliss-reactive ketones (excluding diaryl/α,β-unsaturated/α-hetero) is 1. The first-order valence-corrected chi connectivity index (χ1v) is 6.54. The van der Waals surface area contributed by atoms with Crippen molar-refractivity contribution < 1.29 is 4.79 Å². The van der Waals surface area contributed by atoms with Gasteiger partial charge in [0.05, 0.1) is 5.69 Å². The van der Waals surface area contributed by atoms with E-state index in [1.807, 2.05) is 28.8 Å². The summed E-state index contributed by atoms with van der Waals surface area (Å²) in [4.78, 5) is 12.2. The number of aryl methyl sites for hydroxylation is 1. The molecule has 0 radical (unpaired) electrons. The second kappa shape index (κ2) is 4.29. The Balaban J connectivity index is 2.12. The van der Waals surface area contributed by atoms with Crippen molar-refractivity contribution in [3.05, 3.63) is 57.9 Å². The number of benzene rings is 1. The molecule has 0 fully saturated rings. The van der Waals surface area contributed by atoms with E-state index in [4.69, 9.17) is 11.6 Å². The number of halogens is 1. The minimum atomic E-state index is 0.191. The molecule has 0 amide bonds. The SMILES string of the molecule is CCc1cc2n(c1)Cc1cc(Cl)ccc1CC2=O. The summed E-state index contributed by atoms with van der Waals surface area (Å²) in [6, 6.07) is 7.79. The molecule has 3 heteroatoms. The van der Waals surface area contributed by atoms with Crippen LogP contribution in [0.3, 0.4) is 0 Å². The van der Waals surface area contributed by atoms with Crippen LogP contribution < -0.4 is 0 Å². The van der Waals surface area contributed by atoms with Crippen molar-refractivity contribution in [2.24, 2.45) is 0 Å². The highest BCUT2D eigenvalue weighted by Gasteiger charge is 2.20. The van der Waals surface area contributed by atoms with Crippen molar-refractivity contribution in [3.8, 4) is 0 Å². The lowest BCUT2D eigenvalue weighted by molar-refractivity contribution is 0.0986. The number of carbonyl (C=O) groups excluding carboxylic acids is 1. The van der Waals surface area contributed by atoms with Crippen LogP contribution in [0.15, 0.2) is 30.5 Å². The molecule has 0 unspecified atom stereocenters. The molecule has 2 nitrogen and oxygen atoms in total. The number of aromatic nitrogens is 1. The molecular weight excluding hydrogens is 246 g/mol. The van der Waals surface area contributed by atoms with Gasteiger partial charge in [0.25, 0.3) is 0 Å². The molecule has 2 heterocycles. The summed E-state index contributed by atoms with van der Waals surface area (Å²) in [5.74, 6) is 0.191. The Morgan fingerprint density at radius 2 is 2.11 bits per heavy atom. The minimum absolute atomic E-state index is 0.191. The molecule has 0 saturated carbocycles. The number of ketones is 1. The average Bonchev–Trinajstić information content (AvgIpc) is 2.71. The number of hydrogen-bond acceptors (Lipinski definition) is 1. The summed E-state index contributed by atoms with van der Waals surface area (Å²) >= 11 is 6.03. The third-order valence-electron chi connectivity index (χ3n) is 3.51. The molecule has 1 aliphatic rings. The van der Waals surface area contributed by atoms with E-state index in [9.17, 15) is 4.79 Å². The fourth-order valence-corrected chi connectivity index (χ4v) is 2.69. The van der Waals surface area contributed by atoms with Crippen LogP contribution in [0.2, 0.25) is 5.02 Å². The Morgan fingerprint density at radius 3 is 2.89 bits per heavy atom. The monoisotopic (exact) mass is 259 g/mol. The summed E-state index contributed by atoms with van der Waals surface area (Å²) in [5.41, 5.74) is 4.27.